The molecule has 0 aliphatic rings. The van der Waals surface area contributed by atoms with Crippen molar-refractivity contribution in [3.8, 4) is 17.2 Å². The van der Waals surface area contributed by atoms with Crippen LogP contribution in [-0.2, 0) is 6.42 Å². The Bertz CT molecular complexity index is 448. The van der Waals surface area contributed by atoms with Crippen LogP contribution < -0.4 is 4.74 Å². The van der Waals surface area contributed by atoms with E-state index in [-0.39, 0.29) is 0 Å². The van der Waals surface area contributed by atoms with Gasteiger partial charge in [0.25, 0.3) is 0 Å². The third-order valence-electron chi connectivity index (χ3n) is 2.23. The predicted octanol–water partition coefficient (Wildman–Crippen LogP) is 2.91. The van der Waals surface area contributed by atoms with Gasteiger partial charge in [-0.05, 0) is 24.6 Å². The van der Waals surface area contributed by atoms with E-state index in [0.717, 1.165) is 23.4 Å². The van der Waals surface area contributed by atoms with Gasteiger partial charge in [-0.15, -0.1) is 0 Å². The minimum atomic E-state index is 0.644. The summed E-state index contributed by atoms with van der Waals surface area (Å²) in [6.07, 6.45) is 2.57. The number of oxazole rings is 1. The Kier molecular flexibility index (Phi) is 2.72. The topological polar surface area (TPSA) is 35.3 Å². The summed E-state index contributed by atoms with van der Waals surface area (Å²) < 4.78 is 10.5. The molecule has 3 heteroatoms. The van der Waals surface area contributed by atoms with Gasteiger partial charge in [-0.3, -0.25) is 0 Å². The number of hydrogen-bond acceptors (Lipinski definition) is 3. The van der Waals surface area contributed by atoms with Crippen molar-refractivity contribution < 1.29 is 9.15 Å². The Morgan fingerprint density at radius 1 is 1.40 bits per heavy atom. The molecule has 0 aliphatic heterocycles. The van der Waals surface area contributed by atoms with E-state index in [9.17, 15) is 0 Å². The highest BCUT2D eigenvalue weighted by Gasteiger charge is 2.05. The molecule has 0 amide bonds. The van der Waals surface area contributed by atoms with E-state index in [4.69, 9.17) is 9.15 Å². The number of aromatic nitrogens is 1. The first kappa shape index (κ1) is 9.77. The summed E-state index contributed by atoms with van der Waals surface area (Å²) in [4.78, 5) is 4.35. The van der Waals surface area contributed by atoms with Crippen molar-refractivity contribution in [2.24, 2.45) is 0 Å². The second kappa shape index (κ2) is 4.17. The first-order valence-electron chi connectivity index (χ1n) is 4.92. The second-order valence-electron chi connectivity index (χ2n) is 3.23. The largest absolute Gasteiger partial charge is 0.497 e. The lowest BCUT2D eigenvalue weighted by Crippen LogP contribution is -1.84. The highest BCUT2D eigenvalue weighted by atomic mass is 16.5. The fourth-order valence-electron chi connectivity index (χ4n) is 1.36. The van der Waals surface area contributed by atoms with Crippen molar-refractivity contribution in [1.82, 2.24) is 4.98 Å². The van der Waals surface area contributed by atoms with Crippen LogP contribution in [0.2, 0.25) is 0 Å². The molecule has 0 aliphatic carbocycles. The molecule has 2 rings (SSSR count). The van der Waals surface area contributed by atoms with Crippen molar-refractivity contribution in [3.63, 3.8) is 0 Å². The second-order valence-corrected chi connectivity index (χ2v) is 3.23. The number of ether oxygens (including phenoxy) is 1. The van der Waals surface area contributed by atoms with Crippen molar-refractivity contribution in [2.45, 2.75) is 13.3 Å². The standard InChI is InChI=1S/C12H13NO2/c1-3-10-8-15-12(13-10)9-5-4-6-11(7-9)14-2/h4-8H,3H2,1-2H3. The molecule has 0 radical (unpaired) electrons. The third kappa shape index (κ3) is 2.01. The molecule has 3 nitrogen and oxygen atoms in total. The van der Waals surface area contributed by atoms with Crippen LogP contribution in [-0.4, -0.2) is 12.1 Å². The number of aryl methyl sites for hydroxylation is 1. The number of methoxy groups -OCH3 is 1. The van der Waals surface area contributed by atoms with E-state index in [1.807, 2.05) is 31.2 Å². The summed E-state index contributed by atoms with van der Waals surface area (Å²) in [6.45, 7) is 2.05. The lowest BCUT2D eigenvalue weighted by atomic mass is 10.2. The molecule has 0 saturated heterocycles. The predicted molar refractivity (Wildman–Crippen MR) is 57.9 cm³/mol. The smallest absolute Gasteiger partial charge is 0.226 e. The van der Waals surface area contributed by atoms with E-state index in [1.54, 1.807) is 13.4 Å². The SMILES string of the molecule is CCc1coc(-c2cccc(OC)c2)n1. The van der Waals surface area contributed by atoms with E-state index >= 15 is 0 Å². The maximum absolute atomic E-state index is 5.37. The maximum atomic E-state index is 5.37. The van der Waals surface area contributed by atoms with Crippen LogP contribution in [0.25, 0.3) is 11.5 Å². The summed E-state index contributed by atoms with van der Waals surface area (Å²) in [5.74, 6) is 1.45. The van der Waals surface area contributed by atoms with Crippen LogP contribution in [0.5, 0.6) is 5.75 Å². The number of benzene rings is 1. The molecule has 0 bridgehead atoms. The Hall–Kier alpha value is -1.77. The fourth-order valence-corrected chi connectivity index (χ4v) is 1.36. The third-order valence-corrected chi connectivity index (χ3v) is 2.23. The number of nitrogens with zero attached hydrogens (tertiary/aromatic N) is 1. The van der Waals surface area contributed by atoms with E-state index in [1.165, 1.54) is 0 Å². The molecule has 2 aromatic rings. The lowest BCUT2D eigenvalue weighted by molar-refractivity contribution is 0.414. The van der Waals surface area contributed by atoms with Crippen LogP contribution in [0.1, 0.15) is 12.6 Å². The van der Waals surface area contributed by atoms with Crippen molar-refractivity contribution >= 4 is 0 Å². The first-order valence-corrected chi connectivity index (χ1v) is 4.92. The van der Waals surface area contributed by atoms with Gasteiger partial charge in [0.15, 0.2) is 0 Å². The average Bonchev–Trinajstić information content (AvgIpc) is 2.78. The van der Waals surface area contributed by atoms with Gasteiger partial charge in [0, 0.05) is 5.56 Å². The Labute approximate surface area is 88.7 Å². The molecule has 0 spiro atoms. The van der Waals surface area contributed by atoms with E-state index in [0.29, 0.717) is 5.89 Å². The molecule has 15 heavy (non-hydrogen) atoms. The summed E-state index contributed by atoms with van der Waals surface area (Å²) in [5.41, 5.74) is 1.90. The monoisotopic (exact) mass is 203 g/mol. The van der Waals surface area contributed by atoms with Crippen molar-refractivity contribution in [3.05, 3.63) is 36.2 Å². The van der Waals surface area contributed by atoms with Crippen LogP contribution in [0.4, 0.5) is 0 Å². The van der Waals surface area contributed by atoms with Gasteiger partial charge in [0.1, 0.15) is 12.0 Å². The molecule has 78 valence electrons. The van der Waals surface area contributed by atoms with E-state index in [2.05, 4.69) is 4.98 Å². The summed E-state index contributed by atoms with van der Waals surface area (Å²) in [6, 6.07) is 7.68. The molecule has 0 N–H and O–H groups in total. The van der Waals surface area contributed by atoms with E-state index < -0.39 is 0 Å². The van der Waals surface area contributed by atoms with Crippen LogP contribution >= 0.6 is 0 Å². The van der Waals surface area contributed by atoms with Gasteiger partial charge in [0.2, 0.25) is 5.89 Å². The molecule has 1 aromatic heterocycles. The quantitative estimate of drug-likeness (QED) is 0.769. The van der Waals surface area contributed by atoms with Crippen molar-refractivity contribution in [1.29, 1.82) is 0 Å². The minimum Gasteiger partial charge on any atom is -0.497 e. The molecule has 0 fully saturated rings. The summed E-state index contributed by atoms with van der Waals surface area (Å²) in [7, 11) is 1.64. The lowest BCUT2D eigenvalue weighted by Gasteiger charge is -2.00. The highest BCUT2D eigenvalue weighted by molar-refractivity contribution is 5.55. The maximum Gasteiger partial charge on any atom is 0.226 e. The molecule has 1 aromatic carbocycles. The van der Waals surface area contributed by atoms with Crippen molar-refractivity contribution in [2.75, 3.05) is 7.11 Å². The molecule has 0 saturated carbocycles. The van der Waals surface area contributed by atoms with Gasteiger partial charge in [0.05, 0.1) is 12.8 Å². The van der Waals surface area contributed by atoms with Gasteiger partial charge >= 0.3 is 0 Å². The summed E-state index contributed by atoms with van der Waals surface area (Å²) in [5, 5.41) is 0. The normalized spacial score (nSPS) is 10.3. The van der Waals surface area contributed by atoms with Gasteiger partial charge in [-0.1, -0.05) is 13.0 Å². The Morgan fingerprint density at radius 3 is 2.93 bits per heavy atom. The average molecular weight is 203 g/mol. The Balaban J connectivity index is 2.35. The minimum absolute atomic E-state index is 0.644. The van der Waals surface area contributed by atoms with Crippen LogP contribution in [0, 0.1) is 0 Å². The van der Waals surface area contributed by atoms with Crippen LogP contribution in [0.15, 0.2) is 34.9 Å². The molecular weight excluding hydrogens is 190 g/mol. The first-order chi connectivity index (χ1) is 7.33. The van der Waals surface area contributed by atoms with Gasteiger partial charge in [-0.25, -0.2) is 4.98 Å². The number of hydrogen-bond donors (Lipinski definition) is 0. The molecule has 0 atom stereocenters. The Morgan fingerprint density at radius 2 is 2.27 bits per heavy atom. The van der Waals surface area contributed by atoms with Crippen LogP contribution in [0.3, 0.4) is 0 Å². The zero-order chi connectivity index (χ0) is 10.7. The van der Waals surface area contributed by atoms with Gasteiger partial charge in [-0.2, -0.15) is 0 Å². The van der Waals surface area contributed by atoms with Gasteiger partial charge < -0.3 is 9.15 Å². The summed E-state index contributed by atoms with van der Waals surface area (Å²) >= 11 is 0. The molecular formula is C12H13NO2. The fraction of sp³-hybridized carbons (Fsp3) is 0.250. The molecule has 1 heterocycles. The molecule has 0 unspecified atom stereocenters. The number of rotatable bonds is 3. The highest BCUT2D eigenvalue weighted by Crippen LogP contribution is 2.23. The zero-order valence-corrected chi connectivity index (χ0v) is 8.86. The zero-order valence-electron chi connectivity index (χ0n) is 8.86.